The Balaban J connectivity index is 2.31. The second-order valence-corrected chi connectivity index (χ2v) is 6.18. The lowest BCUT2D eigenvalue weighted by Gasteiger charge is -2.06. The lowest BCUT2D eigenvalue weighted by molar-refractivity contribution is 0.0527. The van der Waals surface area contributed by atoms with Crippen LogP contribution in [0, 0.1) is 20.8 Å². The quantitative estimate of drug-likeness (QED) is 0.879. The first kappa shape index (κ1) is 16.2. The molecule has 0 saturated carbocycles. The number of aromatic nitrogens is 2. The molecule has 0 spiro atoms. The monoisotopic (exact) mass is 321 g/mol. The lowest BCUT2D eigenvalue weighted by Crippen LogP contribution is -2.15. The zero-order valence-electron chi connectivity index (χ0n) is 13.3. The maximum Gasteiger partial charge on any atom is 0.341 e. The van der Waals surface area contributed by atoms with Crippen molar-refractivity contribution in [2.24, 2.45) is 7.05 Å². The Morgan fingerprint density at radius 2 is 2.05 bits per heavy atom. The van der Waals surface area contributed by atoms with Gasteiger partial charge in [0.15, 0.2) is 5.69 Å². The highest BCUT2D eigenvalue weighted by molar-refractivity contribution is 7.16. The molecule has 0 aromatic carbocycles. The van der Waals surface area contributed by atoms with Crippen molar-refractivity contribution < 1.29 is 14.3 Å². The van der Waals surface area contributed by atoms with Gasteiger partial charge in [0.05, 0.1) is 12.2 Å². The minimum absolute atomic E-state index is 0.292. The van der Waals surface area contributed by atoms with E-state index >= 15 is 0 Å². The van der Waals surface area contributed by atoms with Gasteiger partial charge in [-0.25, -0.2) is 4.79 Å². The number of carbonyl (C=O) groups excluding carboxylic acids is 2. The molecule has 0 bridgehead atoms. The van der Waals surface area contributed by atoms with Crippen molar-refractivity contribution in [2.45, 2.75) is 27.7 Å². The summed E-state index contributed by atoms with van der Waals surface area (Å²) in [4.78, 5) is 25.4. The molecular weight excluding hydrogens is 302 g/mol. The number of rotatable bonds is 4. The number of amides is 1. The molecule has 0 fully saturated rings. The Labute approximate surface area is 133 Å². The summed E-state index contributed by atoms with van der Waals surface area (Å²) in [7, 11) is 1.77. The number of thiophene rings is 1. The van der Waals surface area contributed by atoms with Crippen LogP contribution in [0.5, 0.6) is 0 Å². The Hall–Kier alpha value is -2.15. The summed E-state index contributed by atoms with van der Waals surface area (Å²) in [5, 5.41) is 7.41. The van der Waals surface area contributed by atoms with Gasteiger partial charge < -0.3 is 10.1 Å². The average Bonchev–Trinajstić information content (AvgIpc) is 2.91. The van der Waals surface area contributed by atoms with Crippen LogP contribution in [0.1, 0.15) is 43.9 Å². The Morgan fingerprint density at radius 3 is 2.59 bits per heavy atom. The van der Waals surface area contributed by atoms with Crippen LogP contribution in [-0.2, 0) is 11.8 Å². The van der Waals surface area contributed by atoms with E-state index in [2.05, 4.69) is 10.4 Å². The molecule has 2 aromatic rings. The van der Waals surface area contributed by atoms with E-state index < -0.39 is 5.97 Å². The first-order valence-corrected chi connectivity index (χ1v) is 7.75. The molecule has 2 aromatic heterocycles. The van der Waals surface area contributed by atoms with E-state index in [0.29, 0.717) is 22.9 Å². The van der Waals surface area contributed by atoms with E-state index in [1.54, 1.807) is 24.7 Å². The van der Waals surface area contributed by atoms with Crippen LogP contribution in [0.4, 0.5) is 5.00 Å². The second kappa shape index (κ2) is 6.31. The van der Waals surface area contributed by atoms with Gasteiger partial charge in [-0.15, -0.1) is 11.3 Å². The summed E-state index contributed by atoms with van der Waals surface area (Å²) in [6.07, 6.45) is 0. The molecule has 118 valence electrons. The first-order chi connectivity index (χ1) is 10.3. The summed E-state index contributed by atoms with van der Waals surface area (Å²) in [5.74, 6) is -0.757. The van der Waals surface area contributed by atoms with Gasteiger partial charge in [-0.05, 0) is 39.3 Å². The fourth-order valence-electron chi connectivity index (χ4n) is 2.00. The topological polar surface area (TPSA) is 73.2 Å². The maximum absolute atomic E-state index is 12.3. The van der Waals surface area contributed by atoms with Crippen LogP contribution < -0.4 is 5.32 Å². The molecule has 0 aliphatic heterocycles. The Morgan fingerprint density at radius 1 is 1.36 bits per heavy atom. The maximum atomic E-state index is 12.3. The summed E-state index contributed by atoms with van der Waals surface area (Å²) >= 11 is 1.36. The predicted molar refractivity (Wildman–Crippen MR) is 85.6 cm³/mol. The normalized spacial score (nSPS) is 10.6. The van der Waals surface area contributed by atoms with Crippen molar-refractivity contribution in [3.63, 3.8) is 0 Å². The third-order valence-electron chi connectivity index (χ3n) is 3.44. The van der Waals surface area contributed by atoms with Gasteiger partial charge in [0.1, 0.15) is 5.00 Å². The molecular formula is C15H19N3O3S. The van der Waals surface area contributed by atoms with E-state index in [1.165, 1.54) is 11.3 Å². The molecule has 1 N–H and O–H groups in total. The number of esters is 1. The third kappa shape index (κ3) is 3.04. The number of carbonyl (C=O) groups is 2. The molecule has 0 aliphatic rings. The molecule has 1 amide bonds. The van der Waals surface area contributed by atoms with E-state index in [1.807, 2.05) is 20.8 Å². The van der Waals surface area contributed by atoms with Gasteiger partial charge in [0, 0.05) is 17.6 Å². The number of anilines is 1. The molecule has 2 rings (SSSR count). The highest BCUT2D eigenvalue weighted by atomic mass is 32.1. The Kier molecular flexibility index (Phi) is 4.65. The number of aryl methyl sites for hydroxylation is 3. The van der Waals surface area contributed by atoms with Crippen LogP contribution in [0.3, 0.4) is 0 Å². The SMILES string of the molecule is CCOC(=O)c1c(NC(=O)c2cc(C)n(C)n2)sc(C)c1C. The van der Waals surface area contributed by atoms with Gasteiger partial charge >= 0.3 is 5.97 Å². The van der Waals surface area contributed by atoms with Crippen molar-refractivity contribution in [1.82, 2.24) is 9.78 Å². The molecule has 22 heavy (non-hydrogen) atoms. The van der Waals surface area contributed by atoms with Crippen LogP contribution in [0.15, 0.2) is 6.07 Å². The van der Waals surface area contributed by atoms with Crippen molar-refractivity contribution >= 4 is 28.2 Å². The van der Waals surface area contributed by atoms with Crippen LogP contribution >= 0.6 is 11.3 Å². The minimum Gasteiger partial charge on any atom is -0.462 e. The largest absolute Gasteiger partial charge is 0.462 e. The van der Waals surface area contributed by atoms with Gasteiger partial charge in [-0.2, -0.15) is 5.10 Å². The highest BCUT2D eigenvalue weighted by Gasteiger charge is 2.23. The zero-order chi connectivity index (χ0) is 16.4. The van der Waals surface area contributed by atoms with E-state index in [0.717, 1.165) is 16.1 Å². The highest BCUT2D eigenvalue weighted by Crippen LogP contribution is 2.33. The van der Waals surface area contributed by atoms with E-state index in [9.17, 15) is 9.59 Å². The lowest BCUT2D eigenvalue weighted by atomic mass is 10.1. The molecule has 0 radical (unpaired) electrons. The number of hydrogen-bond donors (Lipinski definition) is 1. The van der Waals surface area contributed by atoms with Gasteiger partial charge in [-0.1, -0.05) is 0 Å². The smallest absolute Gasteiger partial charge is 0.341 e. The fourth-order valence-corrected chi connectivity index (χ4v) is 3.05. The third-order valence-corrected chi connectivity index (χ3v) is 4.56. The molecule has 0 saturated heterocycles. The van der Waals surface area contributed by atoms with E-state index in [-0.39, 0.29) is 5.91 Å². The summed E-state index contributed by atoms with van der Waals surface area (Å²) in [6, 6.07) is 1.70. The van der Waals surface area contributed by atoms with Crippen LogP contribution in [0.25, 0.3) is 0 Å². The molecule has 0 aliphatic carbocycles. The van der Waals surface area contributed by atoms with Gasteiger partial charge in [-0.3, -0.25) is 9.48 Å². The number of ether oxygens (including phenoxy) is 1. The minimum atomic E-state index is -0.420. The molecule has 0 atom stereocenters. The number of hydrogen-bond acceptors (Lipinski definition) is 5. The predicted octanol–water partition coefficient (Wildman–Crippen LogP) is 2.84. The molecule has 0 unspecified atom stereocenters. The van der Waals surface area contributed by atoms with Crippen molar-refractivity contribution in [1.29, 1.82) is 0 Å². The van der Waals surface area contributed by atoms with E-state index in [4.69, 9.17) is 4.74 Å². The standard InChI is InChI=1S/C15H19N3O3S/c1-6-21-15(20)12-9(3)10(4)22-14(12)16-13(19)11-7-8(2)18(5)17-11/h7H,6H2,1-5H3,(H,16,19). The first-order valence-electron chi connectivity index (χ1n) is 6.94. The van der Waals surface area contributed by atoms with Gasteiger partial charge in [0.2, 0.25) is 0 Å². The van der Waals surface area contributed by atoms with Crippen molar-refractivity contribution in [3.05, 3.63) is 33.5 Å². The zero-order valence-corrected chi connectivity index (χ0v) is 14.1. The summed E-state index contributed by atoms with van der Waals surface area (Å²) < 4.78 is 6.70. The molecule has 2 heterocycles. The second-order valence-electron chi connectivity index (χ2n) is 4.96. The number of nitrogens with zero attached hydrogens (tertiary/aromatic N) is 2. The summed E-state index contributed by atoms with van der Waals surface area (Å²) in [5.41, 5.74) is 2.45. The van der Waals surface area contributed by atoms with Crippen molar-refractivity contribution in [2.75, 3.05) is 11.9 Å². The molecule has 7 heteroatoms. The van der Waals surface area contributed by atoms with Crippen molar-refractivity contribution in [3.8, 4) is 0 Å². The fraction of sp³-hybridized carbons (Fsp3) is 0.400. The van der Waals surface area contributed by atoms with Crippen LogP contribution in [0.2, 0.25) is 0 Å². The van der Waals surface area contributed by atoms with Gasteiger partial charge in [0.25, 0.3) is 5.91 Å². The van der Waals surface area contributed by atoms with Crippen LogP contribution in [-0.4, -0.2) is 28.3 Å². The summed E-state index contributed by atoms with van der Waals surface area (Å²) in [6.45, 7) is 7.66. The number of nitrogens with one attached hydrogen (secondary N) is 1. The Bertz CT molecular complexity index is 711. The average molecular weight is 321 g/mol. The molecule has 6 nitrogen and oxygen atoms in total.